The second-order valence-corrected chi connectivity index (χ2v) is 7.58. The first kappa shape index (κ1) is 24.6. The number of anilines is 1. The van der Waals surface area contributed by atoms with Crippen LogP contribution in [0.1, 0.15) is 32.7 Å². The number of amides is 2. The highest BCUT2D eigenvalue weighted by molar-refractivity contribution is 6.34. The molecule has 9 heteroatoms. The lowest BCUT2D eigenvalue weighted by Gasteiger charge is -2.12. The number of halogens is 1. The third-order valence-electron chi connectivity index (χ3n) is 4.81. The molecule has 0 spiro atoms. The van der Waals surface area contributed by atoms with Gasteiger partial charge in [0, 0.05) is 18.2 Å². The predicted molar refractivity (Wildman–Crippen MR) is 128 cm³/mol. The van der Waals surface area contributed by atoms with Gasteiger partial charge in [-0.1, -0.05) is 41.9 Å². The number of nitrogens with one attached hydrogen (secondary N) is 2. The topological polar surface area (TPSA) is 114 Å². The molecule has 0 atom stereocenters. The number of carboxylic acids is 1. The van der Waals surface area contributed by atoms with Gasteiger partial charge in [0.2, 0.25) is 5.91 Å². The molecular formula is C25H23ClN2O6. The summed E-state index contributed by atoms with van der Waals surface area (Å²) in [6.45, 7) is 0.585. The van der Waals surface area contributed by atoms with E-state index in [1.54, 1.807) is 24.3 Å². The molecule has 0 saturated carbocycles. The van der Waals surface area contributed by atoms with Gasteiger partial charge < -0.3 is 25.2 Å². The molecule has 0 radical (unpaired) electrons. The van der Waals surface area contributed by atoms with Gasteiger partial charge in [-0.15, -0.1) is 0 Å². The van der Waals surface area contributed by atoms with E-state index in [-0.39, 0.29) is 41.0 Å². The third-order valence-corrected chi connectivity index (χ3v) is 5.13. The largest absolute Gasteiger partial charge is 0.496 e. The van der Waals surface area contributed by atoms with Crippen LogP contribution in [0.5, 0.6) is 11.5 Å². The lowest BCUT2D eigenvalue weighted by atomic mass is 10.1. The summed E-state index contributed by atoms with van der Waals surface area (Å²) in [6, 6.07) is 18.5. The molecule has 2 amide bonds. The first-order valence-corrected chi connectivity index (χ1v) is 10.7. The summed E-state index contributed by atoms with van der Waals surface area (Å²) < 4.78 is 10.6. The molecule has 3 N–H and O–H groups in total. The Balaban J connectivity index is 1.51. The molecule has 0 unspecified atom stereocenters. The maximum atomic E-state index is 12.6. The fraction of sp³-hybridized carbons (Fsp3) is 0.160. The molecule has 176 valence electrons. The summed E-state index contributed by atoms with van der Waals surface area (Å²) in [4.78, 5) is 35.9. The molecule has 0 aliphatic carbocycles. The van der Waals surface area contributed by atoms with E-state index in [1.807, 2.05) is 30.3 Å². The number of carboxylic acid groups (broad SMARTS) is 1. The molecule has 0 saturated heterocycles. The molecule has 0 heterocycles. The Morgan fingerprint density at radius 2 is 1.71 bits per heavy atom. The van der Waals surface area contributed by atoms with Gasteiger partial charge in [-0.05, 0) is 35.9 Å². The SMILES string of the molecule is COc1cc(NC(=O)c2ccc(CNC(=O)CCOc3ccccc3)cc2)c(Cl)cc1C(=O)O. The molecule has 0 aromatic heterocycles. The maximum Gasteiger partial charge on any atom is 0.339 e. The number of aromatic carboxylic acids is 1. The van der Waals surface area contributed by atoms with Gasteiger partial charge in [-0.3, -0.25) is 9.59 Å². The van der Waals surface area contributed by atoms with E-state index in [1.165, 1.54) is 19.2 Å². The van der Waals surface area contributed by atoms with Crippen molar-refractivity contribution in [2.24, 2.45) is 0 Å². The Hall–Kier alpha value is -4.04. The Bertz CT molecular complexity index is 1170. The van der Waals surface area contributed by atoms with Crippen LogP contribution in [0, 0.1) is 0 Å². The van der Waals surface area contributed by atoms with Crippen LogP contribution in [-0.2, 0) is 11.3 Å². The second kappa shape index (κ2) is 11.7. The predicted octanol–water partition coefficient (Wildman–Crippen LogP) is 4.38. The van der Waals surface area contributed by atoms with Crippen molar-refractivity contribution in [2.75, 3.05) is 19.0 Å². The number of hydrogen-bond donors (Lipinski definition) is 3. The summed E-state index contributed by atoms with van der Waals surface area (Å²) in [5.41, 5.74) is 1.30. The van der Waals surface area contributed by atoms with Gasteiger partial charge in [-0.25, -0.2) is 4.79 Å². The summed E-state index contributed by atoms with van der Waals surface area (Å²) in [6.07, 6.45) is 0.222. The number of carbonyl (C=O) groups excluding carboxylic acids is 2. The van der Waals surface area contributed by atoms with E-state index in [2.05, 4.69) is 10.6 Å². The first-order valence-electron chi connectivity index (χ1n) is 10.3. The smallest absolute Gasteiger partial charge is 0.339 e. The average Bonchev–Trinajstić information content (AvgIpc) is 2.84. The van der Waals surface area contributed by atoms with Crippen LogP contribution < -0.4 is 20.1 Å². The van der Waals surface area contributed by atoms with Gasteiger partial charge in [0.15, 0.2) is 0 Å². The van der Waals surface area contributed by atoms with Crippen molar-refractivity contribution in [1.82, 2.24) is 5.32 Å². The average molecular weight is 483 g/mol. The van der Waals surface area contributed by atoms with Gasteiger partial charge in [-0.2, -0.15) is 0 Å². The zero-order valence-corrected chi connectivity index (χ0v) is 19.1. The number of ether oxygens (including phenoxy) is 2. The quantitative estimate of drug-likeness (QED) is 0.395. The molecule has 3 aromatic carbocycles. The molecular weight excluding hydrogens is 460 g/mol. The standard InChI is InChI=1S/C25H23ClN2O6/c1-33-22-14-21(20(26)13-19(22)25(31)32)28-24(30)17-9-7-16(8-10-17)15-27-23(29)11-12-34-18-5-3-2-4-6-18/h2-10,13-14H,11-12,15H2,1H3,(H,27,29)(H,28,30)(H,31,32). The van der Waals surface area contributed by atoms with E-state index >= 15 is 0 Å². The Labute approximate surface area is 201 Å². The molecule has 3 aromatic rings. The van der Waals surface area contributed by atoms with Crippen molar-refractivity contribution in [3.8, 4) is 11.5 Å². The number of benzene rings is 3. The highest BCUT2D eigenvalue weighted by atomic mass is 35.5. The van der Waals surface area contributed by atoms with E-state index in [4.69, 9.17) is 21.1 Å². The van der Waals surface area contributed by atoms with Crippen molar-refractivity contribution in [3.63, 3.8) is 0 Å². The van der Waals surface area contributed by atoms with E-state index < -0.39 is 11.9 Å². The van der Waals surface area contributed by atoms with E-state index in [0.29, 0.717) is 17.9 Å². The lowest BCUT2D eigenvalue weighted by molar-refractivity contribution is -0.121. The van der Waals surface area contributed by atoms with Crippen LogP contribution in [0.25, 0.3) is 0 Å². The van der Waals surface area contributed by atoms with Crippen molar-refractivity contribution < 1.29 is 29.0 Å². The van der Waals surface area contributed by atoms with Gasteiger partial charge >= 0.3 is 5.97 Å². The number of methoxy groups -OCH3 is 1. The maximum absolute atomic E-state index is 12.6. The Morgan fingerprint density at radius 3 is 2.35 bits per heavy atom. The minimum atomic E-state index is -1.19. The molecule has 0 bridgehead atoms. The van der Waals surface area contributed by atoms with E-state index in [9.17, 15) is 19.5 Å². The highest BCUT2D eigenvalue weighted by Crippen LogP contribution is 2.31. The fourth-order valence-corrected chi connectivity index (χ4v) is 3.23. The second-order valence-electron chi connectivity index (χ2n) is 7.18. The highest BCUT2D eigenvalue weighted by Gasteiger charge is 2.17. The monoisotopic (exact) mass is 482 g/mol. The summed E-state index contributed by atoms with van der Waals surface area (Å²) in [5.74, 6) is -0.982. The van der Waals surface area contributed by atoms with Crippen LogP contribution in [0.4, 0.5) is 5.69 Å². The normalized spacial score (nSPS) is 10.3. The number of rotatable bonds is 10. The number of hydrogen-bond acceptors (Lipinski definition) is 5. The van der Waals surface area contributed by atoms with Gasteiger partial charge in [0.1, 0.15) is 17.1 Å². The minimum Gasteiger partial charge on any atom is -0.496 e. The molecule has 3 rings (SSSR count). The Kier molecular flexibility index (Phi) is 8.48. The molecule has 0 aliphatic heterocycles. The van der Waals surface area contributed by atoms with Crippen LogP contribution >= 0.6 is 11.6 Å². The van der Waals surface area contributed by atoms with Gasteiger partial charge in [0.05, 0.1) is 30.8 Å². The van der Waals surface area contributed by atoms with Gasteiger partial charge in [0.25, 0.3) is 5.91 Å². The lowest BCUT2D eigenvalue weighted by Crippen LogP contribution is -2.24. The molecule has 0 aliphatic rings. The first-order chi connectivity index (χ1) is 16.4. The van der Waals surface area contributed by atoms with Crippen molar-refractivity contribution in [3.05, 3.63) is 88.4 Å². The van der Waals surface area contributed by atoms with E-state index in [0.717, 1.165) is 5.56 Å². The van der Waals surface area contributed by atoms with Crippen molar-refractivity contribution in [1.29, 1.82) is 0 Å². The fourth-order valence-electron chi connectivity index (χ4n) is 3.02. The zero-order chi connectivity index (χ0) is 24.5. The summed E-state index contributed by atoms with van der Waals surface area (Å²) in [7, 11) is 1.33. The molecule has 8 nitrogen and oxygen atoms in total. The third kappa shape index (κ3) is 6.73. The minimum absolute atomic E-state index is 0.0714. The van der Waals surface area contributed by atoms with Crippen LogP contribution in [-0.4, -0.2) is 36.6 Å². The molecule has 0 fully saturated rings. The Morgan fingerprint density at radius 1 is 1.00 bits per heavy atom. The number of carbonyl (C=O) groups is 3. The number of para-hydroxylation sites is 1. The van der Waals surface area contributed by atoms with Crippen LogP contribution in [0.15, 0.2) is 66.7 Å². The zero-order valence-electron chi connectivity index (χ0n) is 18.3. The summed E-state index contributed by atoms with van der Waals surface area (Å²) in [5, 5.41) is 14.7. The van der Waals surface area contributed by atoms with Crippen LogP contribution in [0.3, 0.4) is 0 Å². The molecule has 34 heavy (non-hydrogen) atoms. The summed E-state index contributed by atoms with van der Waals surface area (Å²) >= 11 is 6.12. The van der Waals surface area contributed by atoms with Crippen LogP contribution in [0.2, 0.25) is 5.02 Å². The van der Waals surface area contributed by atoms with Crippen molar-refractivity contribution in [2.45, 2.75) is 13.0 Å². The van der Waals surface area contributed by atoms with Crippen molar-refractivity contribution >= 4 is 35.1 Å².